The summed E-state index contributed by atoms with van der Waals surface area (Å²) in [5.41, 5.74) is 5.91. The lowest BCUT2D eigenvalue weighted by Gasteiger charge is -2.33. The molecule has 0 unspecified atom stereocenters. The van der Waals surface area contributed by atoms with Crippen LogP contribution in [0.5, 0.6) is 0 Å². The zero-order valence-electron chi connectivity index (χ0n) is 12.4. The van der Waals surface area contributed by atoms with Crippen molar-refractivity contribution in [3.05, 3.63) is 30.1 Å². The third-order valence-electron chi connectivity index (χ3n) is 3.20. The lowest BCUT2D eigenvalue weighted by Crippen LogP contribution is -2.35. The van der Waals surface area contributed by atoms with Gasteiger partial charge in [0.25, 0.3) is 0 Å². The molecule has 0 aliphatic carbocycles. The molecule has 0 saturated heterocycles. The van der Waals surface area contributed by atoms with Crippen molar-refractivity contribution in [1.29, 1.82) is 0 Å². The van der Waals surface area contributed by atoms with Crippen molar-refractivity contribution >= 4 is 0 Å². The Kier molecular flexibility index (Phi) is 7.11. The predicted molar refractivity (Wildman–Crippen MR) is 77.4 cm³/mol. The highest BCUT2D eigenvalue weighted by molar-refractivity contribution is 5.03. The van der Waals surface area contributed by atoms with E-state index in [9.17, 15) is 5.11 Å². The van der Waals surface area contributed by atoms with Crippen LogP contribution in [-0.2, 0) is 6.42 Å². The van der Waals surface area contributed by atoms with E-state index in [1.54, 1.807) is 0 Å². The monoisotopic (exact) mass is 252 g/mol. The van der Waals surface area contributed by atoms with Gasteiger partial charge in [0.1, 0.15) is 0 Å². The molecular weight excluding hydrogens is 224 g/mol. The van der Waals surface area contributed by atoms with Gasteiger partial charge < -0.3 is 10.8 Å². The van der Waals surface area contributed by atoms with Gasteiger partial charge in [-0.1, -0.05) is 26.8 Å². The van der Waals surface area contributed by atoms with Crippen LogP contribution in [0.4, 0.5) is 0 Å². The minimum atomic E-state index is -0.562. The molecule has 1 heterocycles. The van der Waals surface area contributed by atoms with Crippen molar-refractivity contribution in [2.75, 3.05) is 6.54 Å². The van der Waals surface area contributed by atoms with Crippen LogP contribution in [0.1, 0.15) is 46.7 Å². The highest BCUT2D eigenvalue weighted by atomic mass is 16.3. The SMILES string of the molecule is CC(C)(C)C(C)(C)O.NCCCc1ccccn1. The largest absolute Gasteiger partial charge is 0.390 e. The van der Waals surface area contributed by atoms with E-state index in [-0.39, 0.29) is 5.41 Å². The van der Waals surface area contributed by atoms with Crippen LogP contribution >= 0.6 is 0 Å². The number of aryl methyl sites for hydroxylation is 1. The molecule has 3 nitrogen and oxygen atoms in total. The summed E-state index contributed by atoms with van der Waals surface area (Å²) in [5, 5.41) is 9.35. The number of nitrogens with zero attached hydrogens (tertiary/aromatic N) is 1. The molecule has 3 N–H and O–H groups in total. The topological polar surface area (TPSA) is 59.1 Å². The molecule has 0 aliphatic heterocycles. The molecule has 104 valence electrons. The van der Waals surface area contributed by atoms with E-state index in [0.717, 1.165) is 25.1 Å². The van der Waals surface area contributed by atoms with Gasteiger partial charge in [-0.15, -0.1) is 0 Å². The first-order valence-electron chi connectivity index (χ1n) is 6.51. The van der Waals surface area contributed by atoms with Crippen molar-refractivity contribution in [1.82, 2.24) is 4.98 Å². The van der Waals surface area contributed by atoms with Crippen LogP contribution in [0.3, 0.4) is 0 Å². The van der Waals surface area contributed by atoms with Gasteiger partial charge in [-0.25, -0.2) is 0 Å². The van der Waals surface area contributed by atoms with Gasteiger partial charge in [-0.2, -0.15) is 0 Å². The summed E-state index contributed by atoms with van der Waals surface area (Å²) in [6.07, 6.45) is 3.83. The summed E-state index contributed by atoms with van der Waals surface area (Å²) >= 11 is 0. The Balaban J connectivity index is 0.000000331. The molecule has 3 heteroatoms. The van der Waals surface area contributed by atoms with Crippen molar-refractivity contribution in [2.45, 2.75) is 53.1 Å². The zero-order chi connectivity index (χ0) is 14.2. The van der Waals surface area contributed by atoms with E-state index in [1.807, 2.05) is 59.0 Å². The molecule has 0 amide bonds. The Morgan fingerprint density at radius 3 is 2.06 bits per heavy atom. The third kappa shape index (κ3) is 7.41. The van der Waals surface area contributed by atoms with Gasteiger partial charge in [-0.3, -0.25) is 4.98 Å². The van der Waals surface area contributed by atoms with Crippen molar-refractivity contribution in [3.63, 3.8) is 0 Å². The van der Waals surface area contributed by atoms with Gasteiger partial charge in [0.15, 0.2) is 0 Å². The van der Waals surface area contributed by atoms with Crippen LogP contribution in [-0.4, -0.2) is 22.2 Å². The molecule has 1 rings (SSSR count). The smallest absolute Gasteiger partial charge is 0.0639 e. The molecule has 1 aromatic heterocycles. The quantitative estimate of drug-likeness (QED) is 0.869. The molecule has 0 fully saturated rings. The average molecular weight is 252 g/mol. The number of nitrogens with two attached hydrogens (primary N) is 1. The van der Waals surface area contributed by atoms with Gasteiger partial charge in [0.2, 0.25) is 0 Å². The number of pyridine rings is 1. The molecular formula is C15H28N2O. The highest BCUT2D eigenvalue weighted by Gasteiger charge is 2.29. The summed E-state index contributed by atoms with van der Waals surface area (Å²) < 4.78 is 0. The number of rotatable bonds is 3. The standard InChI is InChI=1S/C8H12N2.C7H16O/c9-6-3-5-8-4-1-2-7-10-8;1-6(2,3)7(4,5)8/h1-2,4,7H,3,5-6,9H2;8H,1-5H3. The fraction of sp³-hybridized carbons (Fsp3) is 0.667. The minimum Gasteiger partial charge on any atom is -0.390 e. The minimum absolute atomic E-state index is 0.00694. The molecule has 0 spiro atoms. The van der Waals surface area contributed by atoms with E-state index < -0.39 is 5.60 Å². The van der Waals surface area contributed by atoms with Gasteiger partial charge in [0.05, 0.1) is 5.60 Å². The second-order valence-corrected chi connectivity index (χ2v) is 6.02. The Labute approximate surface area is 111 Å². The van der Waals surface area contributed by atoms with Gasteiger partial charge in [-0.05, 0) is 50.8 Å². The van der Waals surface area contributed by atoms with Crippen LogP contribution in [0.15, 0.2) is 24.4 Å². The Hall–Kier alpha value is -0.930. The first kappa shape index (κ1) is 17.1. The fourth-order valence-electron chi connectivity index (χ4n) is 0.829. The van der Waals surface area contributed by atoms with Crippen LogP contribution < -0.4 is 5.73 Å². The first-order chi connectivity index (χ1) is 8.18. The Morgan fingerprint density at radius 2 is 1.72 bits per heavy atom. The summed E-state index contributed by atoms with van der Waals surface area (Å²) in [6, 6.07) is 5.94. The van der Waals surface area contributed by atoms with Crippen LogP contribution in [0.2, 0.25) is 0 Å². The number of hydrogen-bond donors (Lipinski definition) is 2. The third-order valence-corrected chi connectivity index (χ3v) is 3.20. The Bertz CT molecular complexity index is 298. The maximum Gasteiger partial charge on any atom is 0.0639 e. The van der Waals surface area contributed by atoms with Crippen molar-refractivity contribution in [3.8, 4) is 0 Å². The summed E-state index contributed by atoms with van der Waals surface area (Å²) in [4.78, 5) is 4.16. The molecule has 0 aliphatic rings. The molecule has 1 aromatic rings. The van der Waals surface area contributed by atoms with Crippen molar-refractivity contribution in [2.24, 2.45) is 11.1 Å². The maximum atomic E-state index is 9.35. The number of hydrogen-bond acceptors (Lipinski definition) is 3. The lowest BCUT2D eigenvalue weighted by molar-refractivity contribution is -0.0238. The van der Waals surface area contributed by atoms with E-state index in [0.29, 0.717) is 0 Å². The second kappa shape index (κ2) is 7.49. The normalized spacial score (nSPS) is 11.7. The van der Waals surface area contributed by atoms with Crippen LogP contribution in [0, 0.1) is 5.41 Å². The molecule has 0 aromatic carbocycles. The van der Waals surface area contributed by atoms with E-state index in [2.05, 4.69) is 4.98 Å². The zero-order valence-corrected chi connectivity index (χ0v) is 12.4. The summed E-state index contributed by atoms with van der Waals surface area (Å²) in [6.45, 7) is 10.5. The second-order valence-electron chi connectivity index (χ2n) is 6.02. The molecule has 0 saturated carbocycles. The average Bonchev–Trinajstić information content (AvgIpc) is 2.26. The fourth-order valence-corrected chi connectivity index (χ4v) is 0.829. The molecule has 18 heavy (non-hydrogen) atoms. The number of aromatic nitrogens is 1. The van der Waals surface area contributed by atoms with Gasteiger partial charge >= 0.3 is 0 Å². The lowest BCUT2D eigenvalue weighted by atomic mass is 9.79. The van der Waals surface area contributed by atoms with E-state index in [4.69, 9.17) is 5.73 Å². The van der Waals surface area contributed by atoms with Crippen molar-refractivity contribution < 1.29 is 5.11 Å². The number of aliphatic hydroxyl groups is 1. The van der Waals surface area contributed by atoms with Gasteiger partial charge in [0, 0.05) is 11.9 Å². The predicted octanol–water partition coefficient (Wildman–Crippen LogP) is 2.78. The molecule has 0 bridgehead atoms. The van der Waals surface area contributed by atoms with E-state index >= 15 is 0 Å². The molecule has 0 radical (unpaired) electrons. The first-order valence-corrected chi connectivity index (χ1v) is 6.51. The summed E-state index contributed by atoms with van der Waals surface area (Å²) in [5.74, 6) is 0. The Morgan fingerprint density at radius 1 is 1.17 bits per heavy atom. The highest BCUT2D eigenvalue weighted by Crippen LogP contribution is 2.28. The maximum absolute atomic E-state index is 9.35. The molecule has 0 atom stereocenters. The summed E-state index contributed by atoms with van der Waals surface area (Å²) in [7, 11) is 0. The van der Waals surface area contributed by atoms with E-state index in [1.165, 1.54) is 0 Å². The van der Waals surface area contributed by atoms with Crippen LogP contribution in [0.25, 0.3) is 0 Å².